The van der Waals surface area contributed by atoms with Gasteiger partial charge in [-0.25, -0.2) is 0 Å². The van der Waals surface area contributed by atoms with Gasteiger partial charge in [0.2, 0.25) is 0 Å². The van der Waals surface area contributed by atoms with E-state index in [4.69, 9.17) is 0 Å². The Balaban J connectivity index is 0. The molecule has 0 aliphatic heterocycles. The summed E-state index contributed by atoms with van der Waals surface area (Å²) in [6.45, 7) is 2.16. The molecule has 37 heavy (non-hydrogen) atoms. The zero-order valence-corrected chi connectivity index (χ0v) is 18.7. The standard InChI is InChI=1S/C9F23P.C3H9P/c10-1(11,4(16,17)18)7(25,26)33(31,32,8(27,28)2(12,13)5(19,20)21)9(29,30)3(14,15)6(22,23)24;1-2-3-4/h;2-4H2,1H3. The van der Waals surface area contributed by atoms with Gasteiger partial charge in [-0.05, 0) is 6.16 Å². The molecule has 0 radical (unpaired) electrons. The van der Waals surface area contributed by atoms with Gasteiger partial charge in [0.25, 0.3) is 0 Å². The summed E-state index contributed by atoms with van der Waals surface area (Å²) in [5.74, 6) is -27.9. The summed E-state index contributed by atoms with van der Waals surface area (Å²) in [4.78, 5) is 0. The van der Waals surface area contributed by atoms with Gasteiger partial charge in [-0.3, -0.25) is 0 Å². The molecule has 0 spiro atoms. The van der Waals surface area contributed by atoms with Crippen molar-refractivity contribution >= 4 is 16.5 Å². The van der Waals surface area contributed by atoms with Crippen LogP contribution < -0.4 is 0 Å². The van der Waals surface area contributed by atoms with Crippen molar-refractivity contribution in [3.63, 3.8) is 0 Å². The molecule has 0 N–H and O–H groups in total. The van der Waals surface area contributed by atoms with Crippen molar-refractivity contribution in [1.29, 1.82) is 0 Å². The molecule has 0 bridgehead atoms. The van der Waals surface area contributed by atoms with E-state index in [0.717, 1.165) is 0 Å². The van der Waals surface area contributed by atoms with Gasteiger partial charge >= 0.3 is 161 Å². The van der Waals surface area contributed by atoms with Crippen LogP contribution in [0, 0.1) is 0 Å². The van der Waals surface area contributed by atoms with Crippen molar-refractivity contribution < 1.29 is 101 Å². The number of hydrogen-bond donors (Lipinski definition) is 0. The maximum absolute atomic E-state index is 14.2. The van der Waals surface area contributed by atoms with Gasteiger partial charge in [-0.1, -0.05) is 13.3 Å². The van der Waals surface area contributed by atoms with Crippen LogP contribution >= 0.6 is 16.5 Å². The fourth-order valence-electron chi connectivity index (χ4n) is 1.78. The van der Waals surface area contributed by atoms with E-state index in [1.165, 1.54) is 12.6 Å². The van der Waals surface area contributed by atoms with Crippen LogP contribution in [0.1, 0.15) is 13.3 Å². The molecule has 1 atom stereocenters. The third-order valence-electron chi connectivity index (χ3n) is 3.97. The van der Waals surface area contributed by atoms with Crippen molar-refractivity contribution in [2.75, 3.05) is 6.16 Å². The summed E-state index contributed by atoms with van der Waals surface area (Å²) in [6, 6.07) is 0. The first-order valence-electron chi connectivity index (χ1n) is 8.09. The Bertz CT molecular complexity index is 681. The van der Waals surface area contributed by atoms with Gasteiger partial charge in [0, 0.05) is 0 Å². The first kappa shape index (κ1) is 38.4. The van der Waals surface area contributed by atoms with E-state index >= 15 is 0 Å². The molecule has 0 aliphatic carbocycles. The molecule has 0 aromatic carbocycles. The molecule has 0 aliphatic rings. The van der Waals surface area contributed by atoms with Crippen molar-refractivity contribution in [2.45, 2.75) is 66.6 Å². The summed E-state index contributed by atoms with van der Waals surface area (Å²) in [6.07, 6.45) is -23.3. The Kier molecular flexibility index (Phi) is 10.1. The Labute approximate surface area is 191 Å². The molecule has 0 aromatic heterocycles. The van der Waals surface area contributed by atoms with E-state index in [2.05, 4.69) is 16.2 Å². The van der Waals surface area contributed by atoms with Gasteiger partial charge in [0.15, 0.2) is 0 Å². The zero-order chi connectivity index (χ0) is 31.4. The minimum atomic E-state index is -14.1. The van der Waals surface area contributed by atoms with Gasteiger partial charge in [-0.15, -0.1) is 9.24 Å². The summed E-state index contributed by atoms with van der Waals surface area (Å²) < 4.78 is 294. The van der Waals surface area contributed by atoms with Crippen LogP contribution in [0.3, 0.4) is 0 Å². The van der Waals surface area contributed by atoms with Crippen LogP contribution in [0.25, 0.3) is 0 Å². The van der Waals surface area contributed by atoms with Crippen molar-refractivity contribution in [2.24, 2.45) is 0 Å². The van der Waals surface area contributed by atoms with Gasteiger partial charge in [-0.2, -0.15) is 0 Å². The Hall–Kier alpha value is -0.750. The molecule has 0 heterocycles. The first-order chi connectivity index (χ1) is 15.5. The molecule has 0 fully saturated rings. The van der Waals surface area contributed by atoms with E-state index in [0.29, 0.717) is 0 Å². The zero-order valence-electron chi connectivity index (χ0n) is 16.6. The normalized spacial score (nSPS) is 17.1. The van der Waals surface area contributed by atoms with Crippen LogP contribution in [0.5, 0.6) is 0 Å². The van der Waals surface area contributed by atoms with Crippen LogP contribution in [-0.4, -0.2) is 59.4 Å². The van der Waals surface area contributed by atoms with Crippen molar-refractivity contribution in [3.05, 3.63) is 0 Å². The molecular formula is C12H9F23P2. The fourth-order valence-corrected chi connectivity index (χ4v) is 4.70. The van der Waals surface area contributed by atoms with E-state index in [1.807, 2.05) is 0 Å². The van der Waals surface area contributed by atoms with Gasteiger partial charge in [0.05, 0.1) is 0 Å². The summed E-state index contributed by atoms with van der Waals surface area (Å²) in [5, 5.41) is 0. The fraction of sp³-hybridized carbons (Fsp3) is 1.00. The quantitative estimate of drug-likeness (QED) is 0.190. The van der Waals surface area contributed by atoms with E-state index in [-0.39, 0.29) is 0 Å². The number of alkyl halides is 21. The average Bonchev–Trinajstić information content (AvgIpc) is 2.64. The van der Waals surface area contributed by atoms with Gasteiger partial charge < -0.3 is 0 Å². The van der Waals surface area contributed by atoms with Gasteiger partial charge in [0.1, 0.15) is 0 Å². The topological polar surface area (TPSA) is 0 Å². The summed E-state index contributed by atoms with van der Waals surface area (Å²) in [5.41, 5.74) is -30.4. The summed E-state index contributed by atoms with van der Waals surface area (Å²) in [7, 11) is -11.5. The Morgan fingerprint density at radius 2 is 0.568 bits per heavy atom. The molecule has 0 saturated carbocycles. The third-order valence-corrected chi connectivity index (χ3v) is 8.35. The van der Waals surface area contributed by atoms with Crippen LogP contribution in [0.4, 0.5) is 101 Å². The van der Waals surface area contributed by atoms with Crippen LogP contribution in [0.15, 0.2) is 0 Å². The predicted molar refractivity (Wildman–Crippen MR) is 81.9 cm³/mol. The third kappa shape index (κ3) is 4.78. The molecule has 0 aromatic rings. The molecule has 1 unspecified atom stereocenters. The van der Waals surface area contributed by atoms with Crippen LogP contribution in [0.2, 0.25) is 0 Å². The Morgan fingerprint density at radius 1 is 0.432 bits per heavy atom. The maximum atomic E-state index is 14.2. The molecule has 228 valence electrons. The first-order valence-corrected chi connectivity index (χ1v) is 10.9. The van der Waals surface area contributed by atoms with E-state index in [1.54, 1.807) is 0 Å². The molecule has 0 nitrogen and oxygen atoms in total. The van der Waals surface area contributed by atoms with E-state index in [9.17, 15) is 101 Å². The SMILES string of the molecule is CCCP.FC(F)(F)C(F)(F)C(F)(F)P(F)(F)(C(F)(F)C(F)(F)C(F)(F)F)C(F)(F)C(F)(F)C(F)(F)F. The number of hydrogen-bond acceptors (Lipinski definition) is 0. The molecule has 0 saturated heterocycles. The second-order valence-electron chi connectivity index (χ2n) is 6.54. The second kappa shape index (κ2) is 9.71. The molecule has 0 amide bonds. The number of rotatable bonds is 7. The van der Waals surface area contributed by atoms with Crippen molar-refractivity contribution in [3.8, 4) is 0 Å². The molecule has 25 heteroatoms. The second-order valence-corrected chi connectivity index (χ2v) is 10.6. The minimum absolute atomic E-state index is 1.24. The van der Waals surface area contributed by atoms with Crippen LogP contribution in [-0.2, 0) is 0 Å². The summed E-state index contributed by atoms with van der Waals surface area (Å²) >= 11 is 0. The average molecular weight is 652 g/mol. The molecule has 0 rings (SSSR count). The monoisotopic (exact) mass is 652 g/mol. The number of halogens is 23. The predicted octanol–water partition coefficient (Wildman–Crippen LogP) is 9.95. The van der Waals surface area contributed by atoms with E-state index < -0.39 is 60.5 Å². The molecular weight excluding hydrogens is 643 g/mol. The van der Waals surface area contributed by atoms with Crippen molar-refractivity contribution in [1.82, 2.24) is 0 Å². The Morgan fingerprint density at radius 3 is 0.649 bits per heavy atom.